The van der Waals surface area contributed by atoms with E-state index in [4.69, 9.17) is 5.11 Å². The zero-order valence-electron chi connectivity index (χ0n) is 14.8. The zero-order valence-corrected chi connectivity index (χ0v) is 15.6. The molecule has 0 bridgehead atoms. The molecule has 1 aliphatic heterocycles. The van der Waals surface area contributed by atoms with Crippen LogP contribution in [0.4, 0.5) is 0 Å². The third kappa shape index (κ3) is 3.76. The first kappa shape index (κ1) is 18.8. The molecular formula is C18H24N2O5S. The lowest BCUT2D eigenvalue weighted by Gasteiger charge is -2.30. The number of aryl methyl sites for hydroxylation is 1. The van der Waals surface area contributed by atoms with E-state index in [1.807, 2.05) is 6.92 Å². The van der Waals surface area contributed by atoms with Crippen LogP contribution in [-0.2, 0) is 19.6 Å². The summed E-state index contributed by atoms with van der Waals surface area (Å²) in [6.07, 6.45) is 2.07. The highest BCUT2D eigenvalue weighted by Crippen LogP contribution is 2.45. The maximum Gasteiger partial charge on any atom is 0.311 e. The van der Waals surface area contributed by atoms with Gasteiger partial charge in [-0.25, -0.2) is 8.42 Å². The Morgan fingerprint density at radius 2 is 1.77 bits per heavy atom. The third-order valence-corrected chi connectivity index (χ3v) is 7.30. The van der Waals surface area contributed by atoms with E-state index < -0.39 is 21.4 Å². The van der Waals surface area contributed by atoms with Gasteiger partial charge in [-0.05, 0) is 44.7 Å². The minimum Gasteiger partial charge on any atom is -0.481 e. The second-order valence-electron chi connectivity index (χ2n) is 7.29. The number of rotatable bonds is 6. The first-order chi connectivity index (χ1) is 12.2. The highest BCUT2D eigenvalue weighted by atomic mass is 32.2. The summed E-state index contributed by atoms with van der Waals surface area (Å²) in [6.45, 7) is 2.64. The topological polar surface area (TPSA) is 104 Å². The van der Waals surface area contributed by atoms with Gasteiger partial charge in [0.05, 0.1) is 10.3 Å². The van der Waals surface area contributed by atoms with Gasteiger partial charge < -0.3 is 10.4 Å². The Morgan fingerprint density at radius 3 is 2.27 bits per heavy atom. The number of nitrogens with zero attached hydrogens (tertiary/aromatic N) is 1. The van der Waals surface area contributed by atoms with Gasteiger partial charge in [0.1, 0.15) is 0 Å². The summed E-state index contributed by atoms with van der Waals surface area (Å²) < 4.78 is 26.8. The molecule has 142 valence electrons. The lowest BCUT2D eigenvalue weighted by atomic mass is 9.97. The highest BCUT2D eigenvalue weighted by molar-refractivity contribution is 7.89. The van der Waals surface area contributed by atoms with Gasteiger partial charge in [0, 0.05) is 25.6 Å². The van der Waals surface area contributed by atoms with Crippen LogP contribution in [0.25, 0.3) is 0 Å². The zero-order chi connectivity index (χ0) is 18.9. The molecular weight excluding hydrogens is 356 g/mol. The average Bonchev–Trinajstić information content (AvgIpc) is 3.41. The molecule has 26 heavy (non-hydrogen) atoms. The monoisotopic (exact) mass is 380 g/mol. The Bertz CT molecular complexity index is 791. The summed E-state index contributed by atoms with van der Waals surface area (Å²) in [4.78, 5) is 23.7. The van der Waals surface area contributed by atoms with Crippen molar-refractivity contribution in [2.45, 2.75) is 37.5 Å². The summed E-state index contributed by atoms with van der Waals surface area (Å²) in [7, 11) is -3.54. The fraction of sp³-hybridized carbons (Fsp3) is 0.556. The number of carbonyl (C=O) groups is 2. The SMILES string of the molecule is Cc1ccc(S(=O)(=O)N2CCC(C(=O)NCC3(C(=O)O)CC3)CC2)cc1. The molecule has 0 radical (unpaired) electrons. The smallest absolute Gasteiger partial charge is 0.311 e. The summed E-state index contributed by atoms with van der Waals surface area (Å²) in [5, 5.41) is 11.9. The number of carboxylic acids is 1. The van der Waals surface area contributed by atoms with E-state index >= 15 is 0 Å². The van der Waals surface area contributed by atoms with E-state index in [1.54, 1.807) is 24.3 Å². The average molecular weight is 380 g/mol. The van der Waals surface area contributed by atoms with E-state index in [9.17, 15) is 18.0 Å². The van der Waals surface area contributed by atoms with E-state index in [0.29, 0.717) is 38.8 Å². The Hall–Kier alpha value is -1.93. The number of amides is 1. The number of hydrogen-bond donors (Lipinski definition) is 2. The molecule has 0 aromatic heterocycles. The van der Waals surface area contributed by atoms with Gasteiger partial charge in [0.15, 0.2) is 0 Å². The number of sulfonamides is 1. The minimum atomic E-state index is -3.54. The largest absolute Gasteiger partial charge is 0.481 e. The van der Waals surface area contributed by atoms with Crippen LogP contribution in [0.5, 0.6) is 0 Å². The van der Waals surface area contributed by atoms with Gasteiger partial charge in [-0.2, -0.15) is 4.31 Å². The van der Waals surface area contributed by atoms with Crippen LogP contribution in [0, 0.1) is 18.3 Å². The first-order valence-corrected chi connectivity index (χ1v) is 10.3. The molecule has 1 saturated carbocycles. The lowest BCUT2D eigenvalue weighted by Crippen LogP contribution is -2.44. The van der Waals surface area contributed by atoms with Gasteiger partial charge in [0.25, 0.3) is 0 Å². The number of nitrogens with one attached hydrogen (secondary N) is 1. The summed E-state index contributed by atoms with van der Waals surface area (Å²) in [5.74, 6) is -1.31. The number of piperidine rings is 1. The molecule has 1 aromatic rings. The molecule has 1 aliphatic carbocycles. The predicted molar refractivity (Wildman–Crippen MR) is 95.0 cm³/mol. The fourth-order valence-corrected chi connectivity index (χ4v) is 4.71. The van der Waals surface area contributed by atoms with Crippen molar-refractivity contribution in [1.29, 1.82) is 0 Å². The van der Waals surface area contributed by atoms with Gasteiger partial charge >= 0.3 is 5.97 Å². The van der Waals surface area contributed by atoms with Crippen molar-refractivity contribution >= 4 is 21.9 Å². The van der Waals surface area contributed by atoms with Gasteiger partial charge in [-0.3, -0.25) is 9.59 Å². The van der Waals surface area contributed by atoms with Gasteiger partial charge in [-0.15, -0.1) is 0 Å². The first-order valence-electron chi connectivity index (χ1n) is 8.83. The van der Waals surface area contributed by atoms with Crippen molar-refractivity contribution in [3.05, 3.63) is 29.8 Å². The Labute approximate surface area is 153 Å². The molecule has 0 atom stereocenters. The van der Waals surface area contributed by atoms with Crippen molar-refractivity contribution in [2.24, 2.45) is 11.3 Å². The van der Waals surface area contributed by atoms with Gasteiger partial charge in [-0.1, -0.05) is 17.7 Å². The maximum atomic E-state index is 12.7. The predicted octanol–water partition coefficient (Wildman–Crippen LogP) is 1.38. The van der Waals surface area contributed by atoms with Crippen LogP contribution in [-0.4, -0.2) is 49.3 Å². The normalized spacial score (nSPS) is 20.5. The molecule has 7 nitrogen and oxygen atoms in total. The highest BCUT2D eigenvalue weighted by Gasteiger charge is 2.50. The molecule has 0 spiro atoms. The second-order valence-corrected chi connectivity index (χ2v) is 9.23. The molecule has 2 N–H and O–H groups in total. The van der Waals surface area contributed by atoms with Crippen LogP contribution in [0.15, 0.2) is 29.2 Å². The maximum absolute atomic E-state index is 12.7. The van der Waals surface area contributed by atoms with Crippen molar-refractivity contribution in [3.63, 3.8) is 0 Å². The third-order valence-electron chi connectivity index (χ3n) is 5.39. The standard InChI is InChI=1S/C18H24N2O5S/c1-13-2-4-15(5-3-13)26(24,25)20-10-6-14(7-11-20)16(21)19-12-18(8-9-18)17(22)23/h2-5,14H,6-12H2,1H3,(H,19,21)(H,22,23). The van der Waals surface area contributed by atoms with Crippen molar-refractivity contribution in [3.8, 4) is 0 Å². The van der Waals surface area contributed by atoms with Crippen LogP contribution >= 0.6 is 0 Å². The van der Waals surface area contributed by atoms with Gasteiger partial charge in [0.2, 0.25) is 15.9 Å². The van der Waals surface area contributed by atoms with Crippen LogP contribution in [0.1, 0.15) is 31.2 Å². The molecule has 1 amide bonds. The Kier molecular flexibility index (Phi) is 5.07. The molecule has 2 aliphatic rings. The van der Waals surface area contributed by atoms with Crippen molar-refractivity contribution in [2.75, 3.05) is 19.6 Å². The molecule has 1 saturated heterocycles. The van der Waals surface area contributed by atoms with E-state index in [-0.39, 0.29) is 23.3 Å². The van der Waals surface area contributed by atoms with Crippen molar-refractivity contribution in [1.82, 2.24) is 9.62 Å². The van der Waals surface area contributed by atoms with E-state index in [1.165, 1.54) is 4.31 Å². The van der Waals surface area contributed by atoms with Crippen LogP contribution < -0.4 is 5.32 Å². The lowest BCUT2D eigenvalue weighted by molar-refractivity contribution is -0.143. The van der Waals surface area contributed by atoms with E-state index in [0.717, 1.165) is 5.56 Å². The number of carbonyl (C=O) groups excluding carboxylic acids is 1. The Balaban J connectivity index is 1.54. The summed E-state index contributed by atoms with van der Waals surface area (Å²) in [6, 6.07) is 6.74. The molecule has 2 fully saturated rings. The minimum absolute atomic E-state index is 0.156. The van der Waals surface area contributed by atoms with E-state index in [2.05, 4.69) is 5.32 Å². The molecule has 0 unspecified atom stereocenters. The fourth-order valence-electron chi connectivity index (χ4n) is 3.24. The van der Waals surface area contributed by atoms with Crippen LogP contribution in [0.3, 0.4) is 0 Å². The Morgan fingerprint density at radius 1 is 1.19 bits per heavy atom. The van der Waals surface area contributed by atoms with Crippen molar-refractivity contribution < 1.29 is 23.1 Å². The number of benzene rings is 1. The second kappa shape index (κ2) is 7.00. The molecule has 3 rings (SSSR count). The summed E-state index contributed by atoms with van der Waals surface area (Å²) >= 11 is 0. The molecule has 1 heterocycles. The summed E-state index contributed by atoms with van der Waals surface area (Å²) in [5.41, 5.74) is 0.208. The number of aliphatic carboxylic acids is 1. The molecule has 8 heteroatoms. The van der Waals surface area contributed by atoms with Crippen LogP contribution in [0.2, 0.25) is 0 Å². The quantitative estimate of drug-likeness (QED) is 0.776. The number of hydrogen-bond acceptors (Lipinski definition) is 4. The number of carboxylic acid groups (broad SMARTS) is 1. The molecule has 1 aromatic carbocycles.